The molecule has 0 spiro atoms. The van der Waals surface area contributed by atoms with Crippen molar-refractivity contribution in [3.8, 4) is 12.3 Å². The van der Waals surface area contributed by atoms with Gasteiger partial charge in [0, 0.05) is 0 Å². The molecule has 0 aliphatic carbocycles. The molecule has 0 bridgehead atoms. The molecule has 1 aliphatic heterocycles. The summed E-state index contributed by atoms with van der Waals surface area (Å²) in [4.78, 5) is 0. The van der Waals surface area contributed by atoms with E-state index in [9.17, 15) is 0 Å². The summed E-state index contributed by atoms with van der Waals surface area (Å²) >= 11 is 0. The van der Waals surface area contributed by atoms with Crippen molar-refractivity contribution in [1.82, 2.24) is 0 Å². The van der Waals surface area contributed by atoms with Gasteiger partial charge < -0.3 is 9.16 Å². The van der Waals surface area contributed by atoms with Crippen LogP contribution in [0.15, 0.2) is 60.7 Å². The lowest BCUT2D eigenvalue weighted by molar-refractivity contribution is -0.0951. The molecule has 21 heavy (non-hydrogen) atoms. The van der Waals surface area contributed by atoms with Crippen molar-refractivity contribution in [2.45, 2.75) is 0 Å². The third kappa shape index (κ3) is 3.08. The van der Waals surface area contributed by atoms with E-state index in [-0.39, 0.29) is 5.41 Å². The summed E-state index contributed by atoms with van der Waals surface area (Å²) in [7, 11) is -1.70. The second-order valence-corrected chi connectivity index (χ2v) is 7.86. The maximum atomic E-state index is 6.33. The molecule has 3 rings (SSSR count). The van der Waals surface area contributed by atoms with Gasteiger partial charge in [-0.3, -0.25) is 0 Å². The van der Waals surface area contributed by atoms with Gasteiger partial charge >= 0.3 is 0 Å². The lowest BCUT2D eigenvalue weighted by Gasteiger charge is -2.37. The van der Waals surface area contributed by atoms with Crippen molar-refractivity contribution in [2.75, 3.05) is 19.8 Å². The summed E-state index contributed by atoms with van der Waals surface area (Å²) in [6.45, 7) is 1.78. The predicted octanol–water partition coefficient (Wildman–Crippen LogP) is 1.19. The molecule has 0 saturated carbocycles. The van der Waals surface area contributed by atoms with Gasteiger partial charge in [-0.1, -0.05) is 66.6 Å². The van der Waals surface area contributed by atoms with Gasteiger partial charge in [-0.2, -0.15) is 0 Å². The van der Waals surface area contributed by atoms with Crippen LogP contribution in [0.4, 0.5) is 0 Å². The summed E-state index contributed by atoms with van der Waals surface area (Å²) < 4.78 is 11.6. The molecule has 0 aromatic heterocycles. The molecule has 0 amide bonds. The Kier molecular flexibility index (Phi) is 4.21. The van der Waals surface area contributed by atoms with Crippen LogP contribution in [0.1, 0.15) is 0 Å². The standard InChI is InChI=1S/C18H18O2Si/c1-2-18(13-19-14-18)15-20-21(16-9-5-3-6-10-16)17-11-7-4-8-12-17/h1,3-12,21H,13-15H2. The Morgan fingerprint density at radius 1 is 1.00 bits per heavy atom. The SMILES string of the molecule is C#CC1(CO[SiH](c2ccccc2)c2ccccc2)COC1. The Morgan fingerprint density at radius 3 is 1.90 bits per heavy atom. The molecule has 1 saturated heterocycles. The first-order valence-corrected chi connectivity index (χ1v) is 8.73. The van der Waals surface area contributed by atoms with Crippen molar-refractivity contribution in [1.29, 1.82) is 0 Å². The Hall–Kier alpha value is -1.86. The normalized spacial score (nSPS) is 16.2. The lowest BCUT2D eigenvalue weighted by atomic mass is 9.88. The highest BCUT2D eigenvalue weighted by Crippen LogP contribution is 2.26. The zero-order valence-corrected chi connectivity index (χ0v) is 13.0. The second kappa shape index (κ2) is 6.27. The van der Waals surface area contributed by atoms with Crippen LogP contribution in [0.5, 0.6) is 0 Å². The molecule has 1 heterocycles. The highest BCUT2D eigenvalue weighted by molar-refractivity contribution is 6.80. The molecule has 106 valence electrons. The molecule has 1 aliphatic rings. The van der Waals surface area contributed by atoms with E-state index in [1.807, 2.05) is 12.1 Å². The minimum absolute atomic E-state index is 0.227. The molecule has 0 radical (unpaired) electrons. The summed E-state index contributed by atoms with van der Waals surface area (Å²) in [5, 5.41) is 2.55. The summed E-state index contributed by atoms with van der Waals surface area (Å²) in [6.07, 6.45) is 5.64. The Labute approximate surface area is 127 Å². The number of ether oxygens (including phenoxy) is 1. The number of terminal acetylenes is 1. The monoisotopic (exact) mass is 294 g/mol. The largest absolute Gasteiger partial charge is 0.409 e. The molecule has 0 unspecified atom stereocenters. The highest BCUT2D eigenvalue weighted by atomic mass is 28.3. The zero-order valence-electron chi connectivity index (χ0n) is 11.9. The Bertz CT molecular complexity index is 575. The predicted molar refractivity (Wildman–Crippen MR) is 87.3 cm³/mol. The molecule has 0 N–H and O–H groups in total. The van der Waals surface area contributed by atoms with Gasteiger partial charge in [-0.25, -0.2) is 0 Å². The van der Waals surface area contributed by atoms with Gasteiger partial charge in [0.1, 0.15) is 0 Å². The first-order valence-electron chi connectivity index (χ1n) is 7.10. The average molecular weight is 294 g/mol. The van der Waals surface area contributed by atoms with Crippen molar-refractivity contribution in [3.63, 3.8) is 0 Å². The average Bonchev–Trinajstić information content (AvgIpc) is 2.52. The lowest BCUT2D eigenvalue weighted by Crippen LogP contribution is -2.51. The fraction of sp³-hybridized carbons (Fsp3) is 0.222. The van der Waals surface area contributed by atoms with E-state index in [1.54, 1.807) is 0 Å². The van der Waals surface area contributed by atoms with Crippen molar-refractivity contribution in [2.24, 2.45) is 5.41 Å². The van der Waals surface area contributed by atoms with Gasteiger partial charge in [-0.15, -0.1) is 6.42 Å². The van der Waals surface area contributed by atoms with Gasteiger partial charge in [0.25, 0.3) is 0 Å². The second-order valence-electron chi connectivity index (χ2n) is 5.43. The van der Waals surface area contributed by atoms with Crippen LogP contribution >= 0.6 is 0 Å². The molecule has 1 fully saturated rings. The maximum Gasteiger partial charge on any atom is 0.239 e. The van der Waals surface area contributed by atoms with Gasteiger partial charge in [0.05, 0.1) is 25.2 Å². The van der Waals surface area contributed by atoms with Crippen molar-refractivity contribution >= 4 is 19.4 Å². The van der Waals surface area contributed by atoms with Gasteiger partial charge in [0.15, 0.2) is 0 Å². The molecule has 2 aromatic rings. The van der Waals surface area contributed by atoms with Gasteiger partial charge in [0.2, 0.25) is 9.04 Å². The maximum absolute atomic E-state index is 6.33. The van der Waals surface area contributed by atoms with E-state index in [4.69, 9.17) is 15.6 Å². The minimum Gasteiger partial charge on any atom is -0.409 e. The van der Waals surface area contributed by atoms with Crippen LogP contribution in [0, 0.1) is 17.8 Å². The van der Waals surface area contributed by atoms with Crippen LogP contribution in [-0.2, 0) is 9.16 Å². The van der Waals surface area contributed by atoms with E-state index in [0.29, 0.717) is 19.8 Å². The fourth-order valence-corrected chi connectivity index (χ4v) is 4.84. The zero-order chi connectivity index (χ0) is 14.5. The summed E-state index contributed by atoms with van der Waals surface area (Å²) in [5.41, 5.74) is -0.227. The number of hydrogen-bond donors (Lipinski definition) is 0. The topological polar surface area (TPSA) is 18.5 Å². The third-order valence-electron chi connectivity index (χ3n) is 3.79. The van der Waals surface area contributed by atoms with Crippen LogP contribution in [-0.4, -0.2) is 28.9 Å². The highest BCUT2D eigenvalue weighted by Gasteiger charge is 2.38. The van der Waals surface area contributed by atoms with Gasteiger partial charge in [-0.05, 0) is 10.4 Å². The van der Waals surface area contributed by atoms with Crippen LogP contribution in [0.2, 0.25) is 0 Å². The smallest absolute Gasteiger partial charge is 0.239 e. The quantitative estimate of drug-likeness (QED) is 0.609. The first kappa shape index (κ1) is 14.1. The molecular weight excluding hydrogens is 276 g/mol. The molecule has 2 aromatic carbocycles. The fourth-order valence-electron chi connectivity index (χ4n) is 2.44. The molecule has 0 atom stereocenters. The van der Waals surface area contributed by atoms with Crippen LogP contribution in [0.3, 0.4) is 0 Å². The van der Waals surface area contributed by atoms with E-state index >= 15 is 0 Å². The number of rotatable bonds is 5. The van der Waals surface area contributed by atoms with Crippen LogP contribution in [0.25, 0.3) is 0 Å². The van der Waals surface area contributed by atoms with Crippen LogP contribution < -0.4 is 10.4 Å². The van der Waals surface area contributed by atoms with Crippen molar-refractivity contribution < 1.29 is 9.16 Å². The third-order valence-corrected chi connectivity index (χ3v) is 6.27. The number of hydrogen-bond acceptors (Lipinski definition) is 2. The summed E-state index contributed by atoms with van der Waals surface area (Å²) in [5.74, 6) is 2.85. The Balaban J connectivity index is 1.82. The van der Waals surface area contributed by atoms with E-state index < -0.39 is 9.04 Å². The Morgan fingerprint density at radius 2 is 1.52 bits per heavy atom. The summed E-state index contributed by atoms with van der Waals surface area (Å²) in [6, 6.07) is 20.9. The molecule has 2 nitrogen and oxygen atoms in total. The molecule has 3 heteroatoms. The minimum atomic E-state index is -1.70. The molecular formula is C18H18O2Si. The first-order chi connectivity index (χ1) is 10.3. The van der Waals surface area contributed by atoms with E-state index in [1.165, 1.54) is 10.4 Å². The van der Waals surface area contributed by atoms with E-state index in [0.717, 1.165) is 0 Å². The van der Waals surface area contributed by atoms with Crippen molar-refractivity contribution in [3.05, 3.63) is 60.7 Å². The van der Waals surface area contributed by atoms with E-state index in [2.05, 4.69) is 54.5 Å². The number of benzene rings is 2.